The molecular formula is C21H18Cl2N2O3. The van der Waals surface area contributed by atoms with Crippen molar-refractivity contribution in [1.29, 1.82) is 0 Å². The van der Waals surface area contributed by atoms with Gasteiger partial charge >= 0.3 is 0 Å². The maximum absolute atomic E-state index is 13.5. The molecule has 0 bridgehead atoms. The van der Waals surface area contributed by atoms with Gasteiger partial charge in [-0.1, -0.05) is 41.4 Å². The fourth-order valence-electron chi connectivity index (χ4n) is 4.51. The van der Waals surface area contributed by atoms with Gasteiger partial charge < -0.3 is 15.7 Å². The molecule has 0 aromatic heterocycles. The van der Waals surface area contributed by atoms with Crippen molar-refractivity contribution in [3.8, 4) is 5.75 Å². The molecule has 0 aliphatic carbocycles. The second kappa shape index (κ2) is 6.54. The highest BCUT2D eigenvalue weighted by molar-refractivity contribution is 6.31. The molecule has 0 radical (unpaired) electrons. The molecular weight excluding hydrogens is 399 g/mol. The molecule has 2 heterocycles. The van der Waals surface area contributed by atoms with E-state index in [1.165, 1.54) is 6.07 Å². The van der Waals surface area contributed by atoms with Crippen molar-refractivity contribution in [3.05, 3.63) is 69.7 Å². The van der Waals surface area contributed by atoms with E-state index in [0.29, 0.717) is 32.4 Å². The highest BCUT2D eigenvalue weighted by Crippen LogP contribution is 2.55. The highest BCUT2D eigenvalue weighted by Gasteiger charge is 2.61. The molecule has 3 N–H and O–H groups in total. The van der Waals surface area contributed by atoms with E-state index in [9.17, 15) is 14.7 Å². The van der Waals surface area contributed by atoms with Crippen molar-refractivity contribution in [2.24, 2.45) is 0 Å². The quantitative estimate of drug-likeness (QED) is 0.643. The summed E-state index contributed by atoms with van der Waals surface area (Å²) >= 11 is 12.3. The maximum atomic E-state index is 13.5. The van der Waals surface area contributed by atoms with Gasteiger partial charge in [0.15, 0.2) is 0 Å². The van der Waals surface area contributed by atoms with Crippen molar-refractivity contribution in [3.63, 3.8) is 0 Å². The number of amides is 2. The average molecular weight is 417 g/mol. The first-order valence-electron chi connectivity index (χ1n) is 8.79. The molecule has 2 aliphatic heterocycles. The number of rotatable bonds is 2. The highest BCUT2D eigenvalue weighted by atomic mass is 35.5. The predicted octanol–water partition coefficient (Wildman–Crippen LogP) is 4.14. The molecule has 2 aromatic rings. The molecule has 1 saturated heterocycles. The Bertz CT molecular complexity index is 1040. The second-order valence-electron chi connectivity index (χ2n) is 7.32. The Labute approximate surface area is 172 Å². The van der Waals surface area contributed by atoms with Gasteiger partial charge in [0.05, 0.1) is 6.04 Å². The lowest BCUT2D eigenvalue weighted by molar-refractivity contribution is -0.130. The monoisotopic (exact) mass is 416 g/mol. The first-order chi connectivity index (χ1) is 13.2. The van der Waals surface area contributed by atoms with Gasteiger partial charge in [-0.05, 0) is 42.8 Å². The van der Waals surface area contributed by atoms with Crippen molar-refractivity contribution < 1.29 is 14.7 Å². The SMILES string of the molecule is C=C(C)[C@H]1NC(=O)C[C@@H](c2cc(Cl)ccc2O)[C@]12C(=O)Nc1cc(Cl)ccc12. The lowest BCUT2D eigenvalue weighted by Crippen LogP contribution is -2.62. The third-order valence-electron chi connectivity index (χ3n) is 5.61. The Morgan fingerprint density at radius 1 is 1.18 bits per heavy atom. The summed E-state index contributed by atoms with van der Waals surface area (Å²) in [5.74, 6) is -1.15. The standard InChI is InChI=1S/C21H18Cl2N2O3/c1-10(2)19-21(14-5-3-12(23)8-16(14)24-20(21)28)15(9-18(27)25-19)13-7-11(22)4-6-17(13)26/h3-8,15,19,26H,1,9H2,2H3,(H,24,28)(H,25,27)/t15-,19+,21-/m0/s1. The van der Waals surface area contributed by atoms with Crippen molar-refractivity contribution in [1.82, 2.24) is 5.32 Å². The van der Waals surface area contributed by atoms with Crippen molar-refractivity contribution in [2.75, 3.05) is 5.32 Å². The van der Waals surface area contributed by atoms with E-state index >= 15 is 0 Å². The van der Waals surface area contributed by atoms with Gasteiger partial charge in [0, 0.05) is 33.6 Å². The van der Waals surface area contributed by atoms with Gasteiger partial charge in [-0.3, -0.25) is 9.59 Å². The van der Waals surface area contributed by atoms with E-state index in [0.717, 1.165) is 0 Å². The molecule has 1 fully saturated rings. The molecule has 5 nitrogen and oxygen atoms in total. The fourth-order valence-corrected chi connectivity index (χ4v) is 4.87. The minimum absolute atomic E-state index is 0.0147. The van der Waals surface area contributed by atoms with Gasteiger partial charge in [-0.15, -0.1) is 0 Å². The summed E-state index contributed by atoms with van der Waals surface area (Å²) in [5.41, 5.74) is 1.21. The molecule has 0 unspecified atom stereocenters. The molecule has 2 amide bonds. The third-order valence-corrected chi connectivity index (χ3v) is 6.08. The van der Waals surface area contributed by atoms with Crippen LogP contribution in [0.4, 0.5) is 5.69 Å². The molecule has 0 saturated carbocycles. The summed E-state index contributed by atoms with van der Waals surface area (Å²) in [6, 6.07) is 9.18. The number of benzene rings is 2. The van der Waals surface area contributed by atoms with Crippen LogP contribution in [0, 0.1) is 0 Å². The number of aromatic hydroxyl groups is 1. The van der Waals surface area contributed by atoms with Gasteiger partial charge in [0.2, 0.25) is 11.8 Å². The van der Waals surface area contributed by atoms with Crippen LogP contribution in [0.25, 0.3) is 0 Å². The van der Waals surface area contributed by atoms with E-state index in [-0.39, 0.29) is 24.0 Å². The number of hydrogen-bond acceptors (Lipinski definition) is 3. The number of piperidine rings is 1. The van der Waals surface area contributed by atoms with Crippen LogP contribution < -0.4 is 10.6 Å². The van der Waals surface area contributed by atoms with Gasteiger partial charge in [-0.2, -0.15) is 0 Å². The summed E-state index contributed by atoms with van der Waals surface area (Å²) in [4.78, 5) is 26.0. The number of fused-ring (bicyclic) bond motifs is 2. The molecule has 7 heteroatoms. The van der Waals surface area contributed by atoms with E-state index < -0.39 is 17.4 Å². The van der Waals surface area contributed by atoms with E-state index in [4.69, 9.17) is 23.2 Å². The lowest BCUT2D eigenvalue weighted by Gasteiger charge is -2.46. The first kappa shape index (κ1) is 18.8. The number of phenols is 1. The molecule has 2 aromatic carbocycles. The Kier molecular flexibility index (Phi) is 4.40. The van der Waals surface area contributed by atoms with Crippen LogP contribution in [-0.2, 0) is 15.0 Å². The first-order valence-corrected chi connectivity index (χ1v) is 9.55. The molecule has 144 valence electrons. The largest absolute Gasteiger partial charge is 0.508 e. The maximum Gasteiger partial charge on any atom is 0.238 e. The minimum atomic E-state index is -1.18. The number of phenolic OH excluding ortho intramolecular Hbond substituents is 1. The van der Waals surface area contributed by atoms with Gasteiger partial charge in [-0.25, -0.2) is 0 Å². The molecule has 3 atom stereocenters. The molecule has 1 spiro atoms. The van der Waals surface area contributed by atoms with Gasteiger partial charge in [0.25, 0.3) is 0 Å². The van der Waals surface area contributed by atoms with Crippen LogP contribution in [0.3, 0.4) is 0 Å². The van der Waals surface area contributed by atoms with E-state index in [1.807, 2.05) is 0 Å². The molecule has 2 aliphatic rings. The Morgan fingerprint density at radius 3 is 2.57 bits per heavy atom. The van der Waals surface area contributed by atoms with Crippen LogP contribution >= 0.6 is 23.2 Å². The normalized spacial score (nSPS) is 26.0. The van der Waals surface area contributed by atoms with Gasteiger partial charge in [0.1, 0.15) is 11.2 Å². The Morgan fingerprint density at radius 2 is 1.86 bits per heavy atom. The Balaban J connectivity index is 2.04. The number of carbonyl (C=O) groups excluding carboxylic acids is 2. The number of anilines is 1. The van der Waals surface area contributed by atoms with Crippen molar-refractivity contribution >= 4 is 40.7 Å². The van der Waals surface area contributed by atoms with E-state index in [1.54, 1.807) is 37.3 Å². The number of nitrogens with one attached hydrogen (secondary N) is 2. The summed E-state index contributed by atoms with van der Waals surface area (Å²) in [7, 11) is 0. The predicted molar refractivity (Wildman–Crippen MR) is 109 cm³/mol. The number of hydrogen-bond donors (Lipinski definition) is 3. The van der Waals surface area contributed by atoms with E-state index in [2.05, 4.69) is 17.2 Å². The summed E-state index contributed by atoms with van der Waals surface area (Å²) in [6.45, 7) is 5.79. The summed E-state index contributed by atoms with van der Waals surface area (Å²) < 4.78 is 0. The minimum Gasteiger partial charge on any atom is -0.508 e. The number of carbonyl (C=O) groups is 2. The smallest absolute Gasteiger partial charge is 0.238 e. The summed E-state index contributed by atoms with van der Waals surface area (Å²) in [6.07, 6.45) is 0.0210. The third kappa shape index (κ3) is 2.61. The van der Waals surface area contributed by atoms with Crippen LogP contribution in [0.1, 0.15) is 30.4 Å². The summed E-state index contributed by atoms with van der Waals surface area (Å²) in [5, 5.41) is 17.3. The van der Waals surface area contributed by atoms with Crippen LogP contribution in [-0.4, -0.2) is 23.0 Å². The van der Waals surface area contributed by atoms with Crippen LogP contribution in [0.5, 0.6) is 5.75 Å². The average Bonchev–Trinajstić information content (AvgIpc) is 2.90. The molecule has 28 heavy (non-hydrogen) atoms. The van der Waals surface area contributed by atoms with Crippen LogP contribution in [0.15, 0.2) is 48.6 Å². The zero-order chi connectivity index (χ0) is 20.2. The topological polar surface area (TPSA) is 78.4 Å². The molecule has 4 rings (SSSR count). The lowest BCUT2D eigenvalue weighted by atomic mass is 9.59. The fraction of sp³-hybridized carbons (Fsp3) is 0.238. The van der Waals surface area contributed by atoms with Crippen LogP contribution in [0.2, 0.25) is 10.0 Å². The Hall–Kier alpha value is -2.50. The zero-order valence-electron chi connectivity index (χ0n) is 15.1. The zero-order valence-corrected chi connectivity index (χ0v) is 16.6. The van der Waals surface area contributed by atoms with Crippen molar-refractivity contribution in [2.45, 2.75) is 30.7 Å². The second-order valence-corrected chi connectivity index (χ2v) is 8.19. The number of halogens is 2.